The number of sulfonamides is 1. The lowest BCUT2D eigenvalue weighted by atomic mass is 10.1. The van der Waals surface area contributed by atoms with E-state index in [0.717, 1.165) is 6.26 Å². The molecule has 1 aliphatic rings. The summed E-state index contributed by atoms with van der Waals surface area (Å²) in [4.78, 5) is 15.7. The summed E-state index contributed by atoms with van der Waals surface area (Å²) in [6.07, 6.45) is 1.02. The minimum absolute atomic E-state index is 0.0670. The Labute approximate surface area is 136 Å². The number of benzene rings is 1. The van der Waals surface area contributed by atoms with Crippen LogP contribution in [0.15, 0.2) is 24.3 Å². The van der Waals surface area contributed by atoms with Gasteiger partial charge in [-0.25, -0.2) is 17.5 Å². The third-order valence-corrected chi connectivity index (χ3v) is 4.72. The number of nitrogens with one attached hydrogen (secondary N) is 1. The fourth-order valence-electron chi connectivity index (χ4n) is 2.67. The predicted octanol–water partition coefficient (Wildman–Crippen LogP) is 0.580. The van der Waals surface area contributed by atoms with Gasteiger partial charge < -0.3 is 4.90 Å². The van der Waals surface area contributed by atoms with Crippen LogP contribution in [0.4, 0.5) is 4.39 Å². The van der Waals surface area contributed by atoms with E-state index in [1.165, 1.54) is 6.07 Å². The van der Waals surface area contributed by atoms with Crippen LogP contribution in [0.25, 0.3) is 0 Å². The van der Waals surface area contributed by atoms with Crippen molar-refractivity contribution in [2.45, 2.75) is 13.0 Å². The molecule has 0 unspecified atom stereocenters. The lowest BCUT2D eigenvalue weighted by Gasteiger charge is -2.38. The highest BCUT2D eigenvalue weighted by Gasteiger charge is 2.26. The Morgan fingerprint density at radius 1 is 1.26 bits per heavy atom. The second-order valence-electron chi connectivity index (χ2n) is 5.71. The molecule has 6 nitrogen and oxygen atoms in total. The van der Waals surface area contributed by atoms with Crippen LogP contribution in [0.3, 0.4) is 0 Å². The largest absolute Gasteiger partial charge is 0.339 e. The van der Waals surface area contributed by atoms with Gasteiger partial charge in [-0.3, -0.25) is 9.69 Å². The summed E-state index contributed by atoms with van der Waals surface area (Å²) >= 11 is 0. The van der Waals surface area contributed by atoms with Gasteiger partial charge >= 0.3 is 0 Å². The van der Waals surface area contributed by atoms with Gasteiger partial charge in [-0.15, -0.1) is 0 Å². The number of hydrogen-bond acceptors (Lipinski definition) is 4. The van der Waals surface area contributed by atoms with Gasteiger partial charge in [0.05, 0.1) is 12.8 Å². The zero-order valence-corrected chi connectivity index (χ0v) is 14.1. The SMILES string of the molecule is C[C@@H](c1ccccc1F)N1CCN(C(=O)CNS(C)(=O)=O)CC1. The summed E-state index contributed by atoms with van der Waals surface area (Å²) in [7, 11) is -3.37. The number of nitrogens with zero attached hydrogens (tertiary/aromatic N) is 2. The van der Waals surface area contributed by atoms with Gasteiger partial charge in [0.2, 0.25) is 15.9 Å². The molecule has 0 saturated carbocycles. The van der Waals surface area contributed by atoms with E-state index in [1.54, 1.807) is 17.0 Å². The number of halogens is 1. The van der Waals surface area contributed by atoms with E-state index >= 15 is 0 Å². The third-order valence-electron chi connectivity index (χ3n) is 4.06. The first-order chi connectivity index (χ1) is 10.8. The zero-order chi connectivity index (χ0) is 17.0. The molecule has 1 aliphatic heterocycles. The van der Waals surface area contributed by atoms with Crippen molar-refractivity contribution in [3.8, 4) is 0 Å². The molecule has 23 heavy (non-hydrogen) atoms. The average molecular weight is 343 g/mol. The number of piperazine rings is 1. The van der Waals surface area contributed by atoms with Gasteiger partial charge in [0, 0.05) is 37.8 Å². The second-order valence-corrected chi connectivity index (χ2v) is 7.54. The molecule has 1 heterocycles. The van der Waals surface area contributed by atoms with Crippen LogP contribution in [-0.2, 0) is 14.8 Å². The van der Waals surface area contributed by atoms with Crippen LogP contribution in [-0.4, -0.2) is 63.1 Å². The Hall–Kier alpha value is -1.51. The Morgan fingerprint density at radius 2 is 1.87 bits per heavy atom. The summed E-state index contributed by atoms with van der Waals surface area (Å²) in [5.41, 5.74) is 0.644. The van der Waals surface area contributed by atoms with Crippen molar-refractivity contribution >= 4 is 15.9 Å². The van der Waals surface area contributed by atoms with Crippen molar-refractivity contribution in [1.82, 2.24) is 14.5 Å². The summed E-state index contributed by atoms with van der Waals surface area (Å²) in [6.45, 7) is 3.98. The van der Waals surface area contributed by atoms with Gasteiger partial charge in [-0.05, 0) is 13.0 Å². The molecule has 1 amide bonds. The smallest absolute Gasteiger partial charge is 0.237 e. The molecule has 0 spiro atoms. The monoisotopic (exact) mass is 343 g/mol. The fourth-order valence-corrected chi connectivity index (χ4v) is 3.06. The molecule has 1 aromatic rings. The third kappa shape index (κ3) is 4.98. The van der Waals surface area contributed by atoms with Crippen molar-refractivity contribution < 1.29 is 17.6 Å². The fraction of sp³-hybridized carbons (Fsp3) is 0.533. The van der Waals surface area contributed by atoms with E-state index in [-0.39, 0.29) is 24.3 Å². The molecule has 0 aliphatic carbocycles. The molecule has 0 bridgehead atoms. The van der Waals surface area contributed by atoms with E-state index in [1.807, 2.05) is 13.0 Å². The van der Waals surface area contributed by atoms with Crippen LogP contribution in [0.2, 0.25) is 0 Å². The molecule has 0 radical (unpaired) electrons. The summed E-state index contributed by atoms with van der Waals surface area (Å²) in [5.74, 6) is -0.468. The van der Waals surface area contributed by atoms with Crippen molar-refractivity contribution in [3.05, 3.63) is 35.6 Å². The molecule has 8 heteroatoms. The number of carbonyl (C=O) groups is 1. The van der Waals surface area contributed by atoms with Gasteiger partial charge in [-0.1, -0.05) is 18.2 Å². The van der Waals surface area contributed by atoms with Crippen molar-refractivity contribution in [2.24, 2.45) is 0 Å². The Bertz CT molecular complexity index is 658. The van der Waals surface area contributed by atoms with E-state index in [2.05, 4.69) is 9.62 Å². The molecule has 1 aromatic carbocycles. The molecule has 2 rings (SSSR count). The topological polar surface area (TPSA) is 69.7 Å². The Balaban J connectivity index is 1.88. The number of carbonyl (C=O) groups excluding carboxylic acids is 1. The van der Waals surface area contributed by atoms with Gasteiger partial charge in [0.1, 0.15) is 5.82 Å². The van der Waals surface area contributed by atoms with Gasteiger partial charge in [0.15, 0.2) is 0 Å². The van der Waals surface area contributed by atoms with E-state index < -0.39 is 10.0 Å². The molecule has 1 atom stereocenters. The molecule has 1 N–H and O–H groups in total. The minimum Gasteiger partial charge on any atom is -0.339 e. The quantitative estimate of drug-likeness (QED) is 0.849. The first-order valence-corrected chi connectivity index (χ1v) is 9.38. The van der Waals surface area contributed by atoms with Crippen LogP contribution in [0, 0.1) is 5.82 Å². The molecule has 0 aromatic heterocycles. The maximum Gasteiger partial charge on any atom is 0.237 e. The highest BCUT2D eigenvalue weighted by molar-refractivity contribution is 7.88. The Morgan fingerprint density at radius 3 is 2.43 bits per heavy atom. The summed E-state index contributed by atoms with van der Waals surface area (Å²) in [6, 6.07) is 6.63. The minimum atomic E-state index is -3.37. The van der Waals surface area contributed by atoms with Crippen LogP contribution in [0.5, 0.6) is 0 Å². The van der Waals surface area contributed by atoms with Gasteiger partial charge in [0.25, 0.3) is 0 Å². The highest BCUT2D eigenvalue weighted by Crippen LogP contribution is 2.23. The van der Waals surface area contributed by atoms with Crippen molar-refractivity contribution in [1.29, 1.82) is 0 Å². The number of hydrogen-bond donors (Lipinski definition) is 1. The number of rotatable bonds is 5. The average Bonchev–Trinajstić information content (AvgIpc) is 2.52. The van der Waals surface area contributed by atoms with Crippen LogP contribution >= 0.6 is 0 Å². The van der Waals surface area contributed by atoms with E-state index in [9.17, 15) is 17.6 Å². The maximum absolute atomic E-state index is 13.9. The normalized spacial score (nSPS) is 18.0. The molecular formula is C15H22FN3O3S. The molecular weight excluding hydrogens is 321 g/mol. The second kappa shape index (κ2) is 7.37. The lowest BCUT2D eigenvalue weighted by Crippen LogP contribution is -2.51. The first kappa shape index (κ1) is 17.8. The van der Waals surface area contributed by atoms with Gasteiger partial charge in [-0.2, -0.15) is 0 Å². The van der Waals surface area contributed by atoms with E-state index in [0.29, 0.717) is 31.7 Å². The molecule has 128 valence electrons. The lowest BCUT2D eigenvalue weighted by molar-refractivity contribution is -0.132. The van der Waals surface area contributed by atoms with Crippen molar-refractivity contribution in [3.63, 3.8) is 0 Å². The van der Waals surface area contributed by atoms with Crippen LogP contribution in [0.1, 0.15) is 18.5 Å². The summed E-state index contributed by atoms with van der Waals surface area (Å²) in [5, 5.41) is 0. The molecule has 1 saturated heterocycles. The molecule has 1 fully saturated rings. The maximum atomic E-state index is 13.9. The van der Waals surface area contributed by atoms with E-state index in [4.69, 9.17) is 0 Å². The van der Waals surface area contributed by atoms with Crippen molar-refractivity contribution in [2.75, 3.05) is 39.0 Å². The first-order valence-electron chi connectivity index (χ1n) is 7.49. The zero-order valence-electron chi connectivity index (χ0n) is 13.3. The highest BCUT2D eigenvalue weighted by atomic mass is 32.2. The van der Waals surface area contributed by atoms with Crippen LogP contribution < -0.4 is 4.72 Å². The predicted molar refractivity (Wildman–Crippen MR) is 85.8 cm³/mol. The standard InChI is InChI=1S/C15H22FN3O3S/c1-12(13-5-3-4-6-14(13)16)18-7-9-19(10-8-18)15(20)11-17-23(2,21)22/h3-6,12,17H,7-11H2,1-2H3/t12-/m0/s1. The summed E-state index contributed by atoms with van der Waals surface area (Å²) < 4.78 is 38.1. The number of amides is 1. The Kier molecular flexibility index (Phi) is 5.72.